The minimum atomic E-state index is 0.287. The van der Waals surface area contributed by atoms with Crippen LogP contribution in [-0.2, 0) is 13.1 Å². The van der Waals surface area contributed by atoms with E-state index in [0.29, 0.717) is 0 Å². The van der Waals surface area contributed by atoms with Crippen LogP contribution in [0.25, 0.3) is 0 Å². The number of hydrogen-bond acceptors (Lipinski definition) is 3. The van der Waals surface area contributed by atoms with Crippen LogP contribution < -0.4 is 5.32 Å². The maximum atomic E-state index is 4.50. The topological polar surface area (TPSA) is 42.7 Å². The highest BCUT2D eigenvalue weighted by atomic mass is 79.9. The van der Waals surface area contributed by atoms with E-state index in [4.69, 9.17) is 0 Å². The van der Waals surface area contributed by atoms with Crippen molar-refractivity contribution in [1.29, 1.82) is 0 Å². The quantitative estimate of drug-likeness (QED) is 0.919. The average molecular weight is 323 g/mol. The van der Waals surface area contributed by atoms with Crippen LogP contribution in [-0.4, -0.2) is 14.8 Å². The van der Waals surface area contributed by atoms with Gasteiger partial charge in [0.2, 0.25) is 0 Å². The van der Waals surface area contributed by atoms with E-state index in [2.05, 4.69) is 45.2 Å². The zero-order chi connectivity index (χ0) is 13.8. The largest absolute Gasteiger partial charge is 0.305 e. The van der Waals surface area contributed by atoms with Crippen LogP contribution in [0.2, 0.25) is 0 Å². The van der Waals surface area contributed by atoms with Gasteiger partial charge in [0.05, 0.1) is 15.9 Å². The molecule has 0 unspecified atom stereocenters. The van der Waals surface area contributed by atoms with Gasteiger partial charge in [0, 0.05) is 31.5 Å². The summed E-state index contributed by atoms with van der Waals surface area (Å²) >= 11 is 3.61. The minimum absolute atomic E-state index is 0.287. The summed E-state index contributed by atoms with van der Waals surface area (Å²) in [5.41, 5.74) is 3.47. The Morgan fingerprint density at radius 2 is 2.05 bits per heavy atom. The van der Waals surface area contributed by atoms with E-state index in [1.165, 1.54) is 11.3 Å². The van der Waals surface area contributed by atoms with Crippen LogP contribution in [0.15, 0.2) is 29.0 Å². The second-order valence-electron chi connectivity index (χ2n) is 4.54. The lowest BCUT2D eigenvalue weighted by Gasteiger charge is -2.14. The van der Waals surface area contributed by atoms with Crippen LogP contribution in [0.3, 0.4) is 0 Å². The van der Waals surface area contributed by atoms with Gasteiger partial charge in [-0.25, -0.2) is 0 Å². The Hall–Kier alpha value is -1.20. The molecule has 0 saturated heterocycles. The van der Waals surface area contributed by atoms with Gasteiger partial charge in [-0.3, -0.25) is 9.67 Å². The van der Waals surface area contributed by atoms with E-state index >= 15 is 0 Å². The Labute approximate surface area is 122 Å². The third-order valence-corrected chi connectivity index (χ3v) is 4.27. The molecule has 0 spiro atoms. The Morgan fingerprint density at radius 3 is 2.68 bits per heavy atom. The Bertz CT molecular complexity index is 536. The molecule has 0 aliphatic rings. The van der Waals surface area contributed by atoms with Crippen molar-refractivity contribution in [3.63, 3.8) is 0 Å². The Balaban J connectivity index is 2.07. The Kier molecular flexibility index (Phi) is 4.71. The normalized spacial score (nSPS) is 12.6. The van der Waals surface area contributed by atoms with E-state index in [-0.39, 0.29) is 6.04 Å². The summed E-state index contributed by atoms with van der Waals surface area (Å²) in [7, 11) is 0. The molecular weight excluding hydrogens is 304 g/mol. The molecule has 4 nitrogen and oxygen atoms in total. The smallest absolute Gasteiger partial charge is 0.0739 e. The number of aromatic nitrogens is 3. The lowest BCUT2D eigenvalue weighted by Crippen LogP contribution is -2.20. The highest BCUT2D eigenvalue weighted by Gasteiger charge is 2.13. The standard InChI is InChI=1S/C14H19BrN4/c1-4-19-13(14(15)11(3)18-19)9-17-10(2)12-5-7-16-8-6-12/h5-8,10,17H,4,9H2,1-3H3/t10-/m0/s1. The summed E-state index contributed by atoms with van der Waals surface area (Å²) in [5, 5.41) is 8.02. The molecule has 5 heteroatoms. The van der Waals surface area contributed by atoms with Gasteiger partial charge < -0.3 is 5.32 Å². The molecule has 2 rings (SSSR count). The number of aryl methyl sites for hydroxylation is 2. The van der Waals surface area contributed by atoms with Crippen molar-refractivity contribution in [2.75, 3.05) is 0 Å². The molecule has 2 aromatic heterocycles. The molecule has 0 radical (unpaired) electrons. The molecule has 0 aromatic carbocycles. The van der Waals surface area contributed by atoms with E-state index in [1.807, 2.05) is 36.1 Å². The third kappa shape index (κ3) is 3.22. The molecule has 19 heavy (non-hydrogen) atoms. The van der Waals surface area contributed by atoms with Crippen molar-refractivity contribution >= 4 is 15.9 Å². The highest BCUT2D eigenvalue weighted by molar-refractivity contribution is 9.10. The van der Waals surface area contributed by atoms with Crippen LogP contribution in [0.4, 0.5) is 0 Å². The molecule has 1 N–H and O–H groups in total. The van der Waals surface area contributed by atoms with Crippen LogP contribution in [0, 0.1) is 6.92 Å². The van der Waals surface area contributed by atoms with Crippen LogP contribution >= 0.6 is 15.9 Å². The summed E-state index contributed by atoms with van der Waals surface area (Å²) in [6.45, 7) is 7.95. The van der Waals surface area contributed by atoms with Gasteiger partial charge in [0.15, 0.2) is 0 Å². The summed E-state index contributed by atoms with van der Waals surface area (Å²) < 4.78 is 3.13. The van der Waals surface area contributed by atoms with E-state index in [0.717, 1.165) is 23.3 Å². The molecule has 0 saturated carbocycles. The van der Waals surface area contributed by atoms with Crippen LogP contribution in [0.5, 0.6) is 0 Å². The number of nitrogens with one attached hydrogen (secondary N) is 1. The molecule has 102 valence electrons. The predicted octanol–water partition coefficient (Wildman–Crippen LogP) is 3.22. The first-order chi connectivity index (χ1) is 9.13. The van der Waals surface area contributed by atoms with E-state index in [9.17, 15) is 0 Å². The van der Waals surface area contributed by atoms with Gasteiger partial charge in [0.1, 0.15) is 0 Å². The molecule has 0 aliphatic carbocycles. The van der Waals surface area contributed by atoms with Gasteiger partial charge >= 0.3 is 0 Å². The van der Waals surface area contributed by atoms with E-state index in [1.54, 1.807) is 0 Å². The van der Waals surface area contributed by atoms with Crippen molar-refractivity contribution in [3.8, 4) is 0 Å². The molecule has 0 amide bonds. The predicted molar refractivity (Wildman–Crippen MR) is 79.8 cm³/mol. The number of halogens is 1. The van der Waals surface area contributed by atoms with Crippen molar-refractivity contribution in [3.05, 3.63) is 46.0 Å². The SMILES string of the molecule is CCn1nc(C)c(Br)c1CN[C@@H](C)c1ccncc1. The number of nitrogens with zero attached hydrogens (tertiary/aromatic N) is 3. The lowest BCUT2D eigenvalue weighted by molar-refractivity contribution is 0.529. The second-order valence-corrected chi connectivity index (χ2v) is 5.34. The fourth-order valence-electron chi connectivity index (χ4n) is 2.06. The first kappa shape index (κ1) is 14.2. The fourth-order valence-corrected chi connectivity index (χ4v) is 2.48. The summed E-state index contributed by atoms with van der Waals surface area (Å²) in [5.74, 6) is 0. The van der Waals surface area contributed by atoms with Crippen molar-refractivity contribution in [2.45, 2.75) is 39.9 Å². The molecule has 1 atom stereocenters. The summed E-state index contributed by atoms with van der Waals surface area (Å²) in [6, 6.07) is 4.36. The molecule has 0 bridgehead atoms. The maximum absolute atomic E-state index is 4.50. The fraction of sp³-hybridized carbons (Fsp3) is 0.429. The number of rotatable bonds is 5. The van der Waals surface area contributed by atoms with Crippen LogP contribution in [0.1, 0.15) is 36.8 Å². The molecule has 2 aromatic rings. The Morgan fingerprint density at radius 1 is 1.37 bits per heavy atom. The molecule has 0 aliphatic heterocycles. The number of hydrogen-bond donors (Lipinski definition) is 1. The van der Waals surface area contributed by atoms with Crippen molar-refractivity contribution in [2.24, 2.45) is 0 Å². The van der Waals surface area contributed by atoms with E-state index < -0.39 is 0 Å². The average Bonchev–Trinajstić information content (AvgIpc) is 2.72. The second kappa shape index (κ2) is 6.30. The van der Waals surface area contributed by atoms with Crippen molar-refractivity contribution < 1.29 is 0 Å². The molecular formula is C14H19BrN4. The summed E-state index contributed by atoms with van der Waals surface area (Å²) in [6.07, 6.45) is 3.65. The molecule has 2 heterocycles. The third-order valence-electron chi connectivity index (χ3n) is 3.23. The monoisotopic (exact) mass is 322 g/mol. The lowest BCUT2D eigenvalue weighted by atomic mass is 10.1. The van der Waals surface area contributed by atoms with Gasteiger partial charge in [-0.2, -0.15) is 5.10 Å². The highest BCUT2D eigenvalue weighted by Crippen LogP contribution is 2.22. The minimum Gasteiger partial charge on any atom is -0.305 e. The summed E-state index contributed by atoms with van der Waals surface area (Å²) in [4.78, 5) is 4.04. The van der Waals surface area contributed by atoms with Gasteiger partial charge in [-0.05, 0) is 54.4 Å². The van der Waals surface area contributed by atoms with Gasteiger partial charge in [0.25, 0.3) is 0 Å². The zero-order valence-electron chi connectivity index (χ0n) is 11.5. The van der Waals surface area contributed by atoms with Gasteiger partial charge in [-0.1, -0.05) is 0 Å². The maximum Gasteiger partial charge on any atom is 0.0739 e. The first-order valence-electron chi connectivity index (χ1n) is 6.48. The molecule has 0 fully saturated rings. The zero-order valence-corrected chi connectivity index (χ0v) is 13.1. The van der Waals surface area contributed by atoms with Gasteiger partial charge in [-0.15, -0.1) is 0 Å². The number of pyridine rings is 1. The first-order valence-corrected chi connectivity index (χ1v) is 7.27. The van der Waals surface area contributed by atoms with Crippen molar-refractivity contribution in [1.82, 2.24) is 20.1 Å².